The van der Waals surface area contributed by atoms with Crippen LogP contribution in [0, 0.1) is 0 Å². The Labute approximate surface area is 322 Å². The molecule has 0 fully saturated rings. The highest BCUT2D eigenvalue weighted by molar-refractivity contribution is 5.76. The van der Waals surface area contributed by atoms with E-state index in [2.05, 4.69) is 38.2 Å². The standard InChI is InChI=1S/C45H84N2O5/c1-5-7-9-11-13-15-17-19-21-23-25-27-29-31-33-37-44(49)51-41-40-47(43(48)36-35-39-46(3)4)42-52-45(50)38-34-32-30-28-26-24-22-20-18-16-14-12-10-8-6-2/h19-22H,5-18,23-42H2,1-4H3/b21-19-,22-20-. The number of hydrogen-bond acceptors (Lipinski definition) is 6. The first-order valence-corrected chi connectivity index (χ1v) is 21.9. The number of nitrogens with zero attached hydrogens (tertiary/aromatic N) is 2. The molecule has 0 unspecified atom stereocenters. The van der Waals surface area contributed by atoms with Crippen LogP contribution in [0.5, 0.6) is 0 Å². The Morgan fingerprint density at radius 1 is 0.442 bits per heavy atom. The highest BCUT2D eigenvalue weighted by Gasteiger charge is 2.16. The average Bonchev–Trinajstić information content (AvgIpc) is 3.12. The summed E-state index contributed by atoms with van der Waals surface area (Å²) in [5, 5.41) is 0. The molecule has 0 aromatic heterocycles. The van der Waals surface area contributed by atoms with E-state index in [9.17, 15) is 14.4 Å². The van der Waals surface area contributed by atoms with E-state index in [1.54, 1.807) is 0 Å². The van der Waals surface area contributed by atoms with Crippen molar-refractivity contribution in [3.8, 4) is 0 Å². The number of ether oxygens (including phenoxy) is 2. The van der Waals surface area contributed by atoms with Crippen LogP contribution < -0.4 is 0 Å². The Bertz CT molecular complexity index is 872. The van der Waals surface area contributed by atoms with Gasteiger partial charge in [0.15, 0.2) is 6.73 Å². The zero-order valence-electron chi connectivity index (χ0n) is 34.8. The zero-order valence-corrected chi connectivity index (χ0v) is 34.8. The van der Waals surface area contributed by atoms with Crippen molar-refractivity contribution in [3.63, 3.8) is 0 Å². The molecule has 0 atom stereocenters. The molecule has 52 heavy (non-hydrogen) atoms. The van der Waals surface area contributed by atoms with Crippen molar-refractivity contribution in [2.75, 3.05) is 40.5 Å². The summed E-state index contributed by atoms with van der Waals surface area (Å²) in [6.07, 6.45) is 42.8. The largest absolute Gasteiger partial charge is 0.464 e. The monoisotopic (exact) mass is 733 g/mol. The highest BCUT2D eigenvalue weighted by Crippen LogP contribution is 2.12. The second-order valence-corrected chi connectivity index (χ2v) is 15.1. The molecule has 0 radical (unpaired) electrons. The summed E-state index contributed by atoms with van der Waals surface area (Å²) in [5.74, 6) is -0.576. The van der Waals surface area contributed by atoms with E-state index in [4.69, 9.17) is 9.47 Å². The van der Waals surface area contributed by atoms with E-state index in [1.807, 2.05) is 19.0 Å². The summed E-state index contributed by atoms with van der Waals surface area (Å²) in [6.45, 7) is 5.60. The molecule has 0 spiro atoms. The van der Waals surface area contributed by atoms with Gasteiger partial charge >= 0.3 is 11.9 Å². The Morgan fingerprint density at radius 3 is 1.25 bits per heavy atom. The number of rotatable bonds is 39. The summed E-state index contributed by atoms with van der Waals surface area (Å²) in [4.78, 5) is 41.3. The maximum atomic E-state index is 12.9. The Morgan fingerprint density at radius 2 is 0.827 bits per heavy atom. The van der Waals surface area contributed by atoms with Crippen molar-refractivity contribution >= 4 is 17.8 Å². The van der Waals surface area contributed by atoms with E-state index >= 15 is 0 Å². The van der Waals surface area contributed by atoms with E-state index < -0.39 is 0 Å². The molecule has 0 heterocycles. The Balaban J connectivity index is 4.08. The topological polar surface area (TPSA) is 76.1 Å². The first-order chi connectivity index (χ1) is 25.4. The van der Waals surface area contributed by atoms with Crippen LogP contribution in [0.4, 0.5) is 0 Å². The van der Waals surface area contributed by atoms with Crippen LogP contribution in [0.2, 0.25) is 0 Å². The predicted octanol–water partition coefficient (Wildman–Crippen LogP) is 12.3. The molecule has 7 heteroatoms. The van der Waals surface area contributed by atoms with Gasteiger partial charge in [-0.3, -0.25) is 14.4 Å². The lowest BCUT2D eigenvalue weighted by Gasteiger charge is -2.22. The molecule has 0 rings (SSSR count). The second kappa shape index (κ2) is 40.0. The fraction of sp³-hybridized carbons (Fsp3) is 0.844. The number of esters is 2. The number of allylic oxidation sites excluding steroid dienone is 4. The van der Waals surface area contributed by atoms with E-state index in [0.29, 0.717) is 19.3 Å². The van der Waals surface area contributed by atoms with Crippen molar-refractivity contribution in [1.82, 2.24) is 9.80 Å². The third-order valence-electron chi connectivity index (χ3n) is 9.64. The summed E-state index contributed by atoms with van der Waals surface area (Å²) in [6, 6.07) is 0. The lowest BCUT2D eigenvalue weighted by Crippen LogP contribution is -2.37. The molecular weight excluding hydrogens is 649 g/mol. The van der Waals surface area contributed by atoms with Crippen LogP contribution in [-0.2, 0) is 23.9 Å². The van der Waals surface area contributed by atoms with Crippen molar-refractivity contribution in [2.24, 2.45) is 0 Å². The number of hydrogen-bond donors (Lipinski definition) is 0. The molecule has 0 saturated carbocycles. The fourth-order valence-electron chi connectivity index (χ4n) is 6.21. The normalized spacial score (nSPS) is 11.6. The Hall–Kier alpha value is -2.15. The molecule has 0 saturated heterocycles. The van der Waals surface area contributed by atoms with Crippen LogP contribution in [0.25, 0.3) is 0 Å². The molecule has 1 amide bonds. The molecule has 0 aliphatic carbocycles. The summed E-state index contributed by atoms with van der Waals surface area (Å²) >= 11 is 0. The van der Waals surface area contributed by atoms with Gasteiger partial charge in [-0.25, -0.2) is 0 Å². The lowest BCUT2D eigenvalue weighted by atomic mass is 10.1. The second-order valence-electron chi connectivity index (χ2n) is 15.1. The van der Waals surface area contributed by atoms with Gasteiger partial charge in [-0.2, -0.15) is 0 Å². The van der Waals surface area contributed by atoms with Gasteiger partial charge in [0.1, 0.15) is 6.61 Å². The van der Waals surface area contributed by atoms with Gasteiger partial charge < -0.3 is 19.3 Å². The average molecular weight is 733 g/mol. The van der Waals surface area contributed by atoms with Crippen LogP contribution in [0.15, 0.2) is 24.3 Å². The first kappa shape index (κ1) is 49.9. The molecular formula is C45H84N2O5. The van der Waals surface area contributed by atoms with Gasteiger partial charge in [0.05, 0.1) is 6.54 Å². The molecule has 0 N–H and O–H groups in total. The number of amides is 1. The minimum absolute atomic E-state index is 0.0797. The predicted molar refractivity (Wildman–Crippen MR) is 220 cm³/mol. The van der Waals surface area contributed by atoms with Crippen LogP contribution >= 0.6 is 0 Å². The molecule has 0 aliphatic rings. The van der Waals surface area contributed by atoms with Gasteiger partial charge in [-0.1, -0.05) is 141 Å². The molecule has 0 aromatic rings. The molecule has 0 aromatic carbocycles. The number of carbonyl (C=O) groups is 3. The molecule has 304 valence electrons. The minimum atomic E-state index is -0.273. The maximum Gasteiger partial charge on any atom is 0.307 e. The van der Waals surface area contributed by atoms with E-state index in [-0.39, 0.29) is 37.7 Å². The number of unbranched alkanes of at least 4 members (excludes halogenated alkanes) is 22. The van der Waals surface area contributed by atoms with E-state index in [0.717, 1.165) is 64.3 Å². The van der Waals surface area contributed by atoms with Crippen molar-refractivity contribution < 1.29 is 23.9 Å². The SMILES string of the molecule is CCCCCCCC/C=C\CCCCCCCC(=O)OCCN(COC(=O)CCCCCCC/C=C\CCCCCCCC)C(=O)CCCN(C)C. The zero-order chi connectivity index (χ0) is 38.2. The quantitative estimate of drug-likeness (QED) is 0.0271. The van der Waals surface area contributed by atoms with Gasteiger partial charge in [0.25, 0.3) is 0 Å². The third kappa shape index (κ3) is 37.6. The van der Waals surface area contributed by atoms with Crippen molar-refractivity contribution in [1.29, 1.82) is 0 Å². The highest BCUT2D eigenvalue weighted by atomic mass is 16.5. The Kier molecular flexibility index (Phi) is 38.4. The maximum absolute atomic E-state index is 12.9. The number of carbonyl (C=O) groups excluding carboxylic acids is 3. The van der Waals surface area contributed by atoms with Crippen molar-refractivity contribution in [2.45, 2.75) is 206 Å². The smallest absolute Gasteiger partial charge is 0.307 e. The van der Waals surface area contributed by atoms with Gasteiger partial charge in [0.2, 0.25) is 5.91 Å². The molecule has 0 aliphatic heterocycles. The van der Waals surface area contributed by atoms with Crippen LogP contribution in [0.1, 0.15) is 206 Å². The summed E-state index contributed by atoms with van der Waals surface area (Å²) in [7, 11) is 3.96. The molecule has 7 nitrogen and oxygen atoms in total. The summed E-state index contributed by atoms with van der Waals surface area (Å²) in [5.41, 5.74) is 0. The first-order valence-electron chi connectivity index (χ1n) is 21.9. The van der Waals surface area contributed by atoms with E-state index in [1.165, 1.54) is 120 Å². The van der Waals surface area contributed by atoms with Gasteiger partial charge in [-0.05, 0) is 91.3 Å². The fourth-order valence-corrected chi connectivity index (χ4v) is 6.21. The third-order valence-corrected chi connectivity index (χ3v) is 9.64. The van der Waals surface area contributed by atoms with Crippen molar-refractivity contribution in [3.05, 3.63) is 24.3 Å². The van der Waals surface area contributed by atoms with Gasteiger partial charge in [-0.15, -0.1) is 0 Å². The molecule has 0 bridgehead atoms. The summed E-state index contributed by atoms with van der Waals surface area (Å²) < 4.78 is 10.9. The van der Waals surface area contributed by atoms with Crippen LogP contribution in [0.3, 0.4) is 0 Å². The van der Waals surface area contributed by atoms with Crippen LogP contribution in [-0.4, -0.2) is 68.2 Å². The minimum Gasteiger partial charge on any atom is -0.464 e. The lowest BCUT2D eigenvalue weighted by molar-refractivity contribution is -0.156. The van der Waals surface area contributed by atoms with Gasteiger partial charge in [0, 0.05) is 19.3 Å².